The molecular weight excluding hydrogens is 264 g/mol. The summed E-state index contributed by atoms with van der Waals surface area (Å²) in [5, 5.41) is 15.1. The monoisotopic (exact) mass is 290 g/mol. The van der Waals surface area contributed by atoms with Crippen LogP contribution in [0.1, 0.15) is 25.8 Å². The Hall–Kier alpha value is -1.39. The highest BCUT2D eigenvalue weighted by Crippen LogP contribution is 2.21. The summed E-state index contributed by atoms with van der Waals surface area (Å²) in [5.41, 5.74) is 2.44. The zero-order valence-electron chi connectivity index (χ0n) is 13.2. The molecule has 1 aromatic heterocycles. The zero-order valence-corrected chi connectivity index (χ0v) is 13.2. The summed E-state index contributed by atoms with van der Waals surface area (Å²) >= 11 is 0. The van der Waals surface area contributed by atoms with Crippen LogP contribution in [0.25, 0.3) is 10.9 Å². The van der Waals surface area contributed by atoms with Crippen LogP contribution < -0.4 is 0 Å². The maximum Gasteiger partial charge on any atom is 0.0685 e. The third-order valence-electron chi connectivity index (χ3n) is 4.10. The Kier molecular flexibility index (Phi) is 5.76. The van der Waals surface area contributed by atoms with Gasteiger partial charge in [-0.05, 0) is 36.3 Å². The summed E-state index contributed by atoms with van der Waals surface area (Å²) in [7, 11) is 1.72. The highest BCUT2D eigenvalue weighted by atomic mass is 16.5. The van der Waals surface area contributed by atoms with E-state index < -0.39 is 0 Å². The molecule has 1 aromatic carbocycles. The molecule has 0 saturated carbocycles. The molecule has 1 unspecified atom stereocenters. The second-order valence-corrected chi connectivity index (χ2v) is 6.00. The van der Waals surface area contributed by atoms with E-state index in [1.54, 1.807) is 7.11 Å². The maximum absolute atomic E-state index is 9.50. The minimum Gasteiger partial charge on any atom is -0.396 e. The highest BCUT2D eigenvalue weighted by Gasteiger charge is 2.13. The molecule has 4 heteroatoms. The molecule has 2 rings (SSSR count). The number of aliphatic hydroxyl groups is 1. The third kappa shape index (κ3) is 4.05. The first-order valence-corrected chi connectivity index (χ1v) is 7.70. The lowest BCUT2D eigenvalue weighted by molar-refractivity contribution is 0.189. The number of nitrogens with zero attached hydrogens (tertiary/aromatic N) is 2. The van der Waals surface area contributed by atoms with Crippen molar-refractivity contribution in [2.24, 2.45) is 11.8 Å². The molecule has 1 N–H and O–H groups in total. The first kappa shape index (κ1) is 16.0. The molecule has 0 saturated heterocycles. The van der Waals surface area contributed by atoms with E-state index in [1.807, 2.05) is 10.9 Å². The maximum atomic E-state index is 9.50. The Balaban J connectivity index is 2.17. The molecule has 21 heavy (non-hydrogen) atoms. The van der Waals surface area contributed by atoms with Crippen molar-refractivity contribution in [1.82, 2.24) is 9.78 Å². The van der Waals surface area contributed by atoms with Crippen LogP contribution in [0.3, 0.4) is 0 Å². The molecule has 0 spiro atoms. The Labute approximate surface area is 126 Å². The predicted molar refractivity (Wildman–Crippen MR) is 85.3 cm³/mol. The smallest absolute Gasteiger partial charge is 0.0685 e. The largest absolute Gasteiger partial charge is 0.396 e. The van der Waals surface area contributed by atoms with Crippen LogP contribution in [0.4, 0.5) is 0 Å². The van der Waals surface area contributed by atoms with Gasteiger partial charge in [0, 0.05) is 32.3 Å². The molecule has 0 aliphatic rings. The topological polar surface area (TPSA) is 47.3 Å². The summed E-state index contributed by atoms with van der Waals surface area (Å²) in [6.07, 6.45) is 3.79. The van der Waals surface area contributed by atoms with Gasteiger partial charge in [-0.3, -0.25) is 4.68 Å². The molecule has 0 fully saturated rings. The minimum absolute atomic E-state index is 0.239. The normalized spacial score (nSPS) is 13.2. The SMILES string of the molecule is COCCCn1ncc2ccc(CC(CO)C(C)C)cc21. The molecule has 0 aliphatic carbocycles. The quantitative estimate of drug-likeness (QED) is 0.760. The van der Waals surface area contributed by atoms with E-state index >= 15 is 0 Å². The van der Waals surface area contributed by atoms with Gasteiger partial charge in [0.05, 0.1) is 11.7 Å². The molecule has 1 atom stereocenters. The molecule has 0 aliphatic heterocycles. The van der Waals surface area contributed by atoms with Gasteiger partial charge in [-0.25, -0.2) is 0 Å². The molecule has 116 valence electrons. The van der Waals surface area contributed by atoms with E-state index in [0.717, 1.165) is 26.0 Å². The van der Waals surface area contributed by atoms with Gasteiger partial charge in [-0.1, -0.05) is 26.0 Å². The summed E-state index contributed by atoms with van der Waals surface area (Å²) < 4.78 is 7.14. The van der Waals surface area contributed by atoms with Crippen LogP contribution in [-0.4, -0.2) is 35.2 Å². The lowest BCUT2D eigenvalue weighted by Gasteiger charge is -2.18. The van der Waals surface area contributed by atoms with E-state index in [9.17, 15) is 5.11 Å². The Bertz CT molecular complexity index is 563. The fraction of sp³-hybridized carbons (Fsp3) is 0.588. The fourth-order valence-corrected chi connectivity index (χ4v) is 2.59. The number of aliphatic hydroxyl groups excluding tert-OH is 1. The van der Waals surface area contributed by atoms with Crippen molar-refractivity contribution in [2.45, 2.75) is 33.2 Å². The summed E-state index contributed by atoms with van der Waals surface area (Å²) in [5.74, 6) is 0.796. The third-order valence-corrected chi connectivity index (χ3v) is 4.10. The lowest BCUT2D eigenvalue weighted by atomic mass is 9.90. The van der Waals surface area contributed by atoms with Gasteiger partial charge in [-0.15, -0.1) is 0 Å². The van der Waals surface area contributed by atoms with Gasteiger partial charge in [0.15, 0.2) is 0 Å². The number of hydrogen-bond acceptors (Lipinski definition) is 3. The predicted octanol–water partition coefficient (Wildman–Crippen LogP) is 2.88. The van der Waals surface area contributed by atoms with Crippen molar-refractivity contribution in [3.05, 3.63) is 30.0 Å². The average Bonchev–Trinajstić information content (AvgIpc) is 2.87. The number of fused-ring (bicyclic) bond motifs is 1. The van der Waals surface area contributed by atoms with Gasteiger partial charge in [-0.2, -0.15) is 5.10 Å². The molecular formula is C17H26N2O2. The number of ether oxygens (including phenoxy) is 1. The molecule has 0 radical (unpaired) electrons. The Morgan fingerprint density at radius 2 is 2.14 bits per heavy atom. The fourth-order valence-electron chi connectivity index (χ4n) is 2.59. The number of hydrogen-bond donors (Lipinski definition) is 1. The number of rotatable bonds is 8. The van der Waals surface area contributed by atoms with Crippen LogP contribution in [0.5, 0.6) is 0 Å². The lowest BCUT2D eigenvalue weighted by Crippen LogP contribution is -2.16. The van der Waals surface area contributed by atoms with Crippen molar-refractivity contribution in [3.63, 3.8) is 0 Å². The van der Waals surface area contributed by atoms with Gasteiger partial charge < -0.3 is 9.84 Å². The van der Waals surface area contributed by atoms with E-state index in [1.165, 1.54) is 16.5 Å². The van der Waals surface area contributed by atoms with Crippen LogP contribution in [0, 0.1) is 11.8 Å². The molecule has 2 aromatic rings. The molecule has 4 nitrogen and oxygen atoms in total. The Morgan fingerprint density at radius 3 is 2.81 bits per heavy atom. The minimum atomic E-state index is 0.239. The summed E-state index contributed by atoms with van der Waals surface area (Å²) in [6, 6.07) is 6.48. The molecule has 0 bridgehead atoms. The van der Waals surface area contributed by atoms with E-state index in [0.29, 0.717) is 11.8 Å². The van der Waals surface area contributed by atoms with E-state index in [2.05, 4.69) is 37.1 Å². The number of aryl methyl sites for hydroxylation is 1. The summed E-state index contributed by atoms with van der Waals surface area (Å²) in [4.78, 5) is 0. The van der Waals surface area contributed by atoms with E-state index in [-0.39, 0.29) is 6.61 Å². The van der Waals surface area contributed by atoms with Crippen molar-refractivity contribution in [2.75, 3.05) is 20.3 Å². The summed E-state index contributed by atoms with van der Waals surface area (Å²) in [6.45, 7) is 6.18. The standard InChI is InChI=1S/C17H26N2O2/c1-13(2)16(12-20)9-14-5-6-15-11-18-19(17(15)10-14)7-4-8-21-3/h5-6,10-11,13,16,20H,4,7-9,12H2,1-3H3. The molecule has 1 heterocycles. The van der Waals surface area contributed by atoms with Crippen LogP contribution in [0.2, 0.25) is 0 Å². The van der Waals surface area contributed by atoms with Gasteiger partial charge in [0.25, 0.3) is 0 Å². The highest BCUT2D eigenvalue weighted by molar-refractivity contribution is 5.79. The second-order valence-electron chi connectivity index (χ2n) is 6.00. The number of methoxy groups -OCH3 is 1. The van der Waals surface area contributed by atoms with Crippen molar-refractivity contribution >= 4 is 10.9 Å². The van der Waals surface area contributed by atoms with Crippen LogP contribution in [-0.2, 0) is 17.7 Å². The first-order chi connectivity index (χ1) is 10.2. The molecule has 0 amide bonds. The zero-order chi connectivity index (χ0) is 15.2. The van der Waals surface area contributed by atoms with Crippen molar-refractivity contribution < 1.29 is 9.84 Å². The van der Waals surface area contributed by atoms with Gasteiger partial charge in [0.1, 0.15) is 0 Å². The van der Waals surface area contributed by atoms with Crippen molar-refractivity contribution in [1.29, 1.82) is 0 Å². The van der Waals surface area contributed by atoms with Crippen LogP contribution >= 0.6 is 0 Å². The van der Waals surface area contributed by atoms with Crippen molar-refractivity contribution in [3.8, 4) is 0 Å². The first-order valence-electron chi connectivity index (χ1n) is 7.70. The number of benzene rings is 1. The van der Waals surface area contributed by atoms with Gasteiger partial charge in [0.2, 0.25) is 0 Å². The van der Waals surface area contributed by atoms with E-state index in [4.69, 9.17) is 4.74 Å². The number of aromatic nitrogens is 2. The second kappa shape index (κ2) is 7.57. The Morgan fingerprint density at radius 1 is 1.33 bits per heavy atom. The van der Waals surface area contributed by atoms with Crippen LogP contribution in [0.15, 0.2) is 24.4 Å². The van der Waals surface area contributed by atoms with Gasteiger partial charge >= 0.3 is 0 Å². The average molecular weight is 290 g/mol.